The lowest BCUT2D eigenvalue weighted by molar-refractivity contribution is 0.0941. The van der Waals surface area contributed by atoms with Gasteiger partial charge in [-0.1, -0.05) is 24.3 Å². The molecule has 0 radical (unpaired) electrons. The van der Waals surface area contributed by atoms with Gasteiger partial charge in [-0.25, -0.2) is 4.98 Å². The molecule has 1 saturated carbocycles. The highest BCUT2D eigenvalue weighted by Crippen LogP contribution is 2.48. The summed E-state index contributed by atoms with van der Waals surface area (Å²) >= 11 is 1.82. The van der Waals surface area contributed by atoms with Crippen molar-refractivity contribution in [2.45, 2.75) is 44.1 Å². The first-order valence-corrected chi connectivity index (χ1v) is 9.32. The molecule has 3 aromatic rings. The van der Waals surface area contributed by atoms with Gasteiger partial charge in [0, 0.05) is 4.88 Å². The SMILES string of the molecule is OC(c1c(C2CC2)sc2cncn12)C1CCc2ccccc2C1. The molecule has 2 unspecified atom stereocenters. The summed E-state index contributed by atoms with van der Waals surface area (Å²) in [5, 5.41) is 11.2. The Morgan fingerprint density at radius 2 is 2.00 bits per heavy atom. The first-order valence-electron chi connectivity index (χ1n) is 8.51. The molecule has 1 aromatic carbocycles. The predicted molar refractivity (Wildman–Crippen MR) is 92.0 cm³/mol. The Kier molecular flexibility index (Phi) is 3.10. The zero-order valence-corrected chi connectivity index (χ0v) is 13.8. The van der Waals surface area contributed by atoms with E-state index < -0.39 is 0 Å². The molecule has 118 valence electrons. The van der Waals surface area contributed by atoms with Crippen LogP contribution in [-0.4, -0.2) is 14.5 Å². The van der Waals surface area contributed by atoms with Crippen molar-refractivity contribution in [3.05, 3.63) is 58.5 Å². The molecular weight excluding hydrogens is 304 g/mol. The second kappa shape index (κ2) is 5.18. The van der Waals surface area contributed by atoms with Crippen molar-refractivity contribution in [3.8, 4) is 0 Å². The third-order valence-corrected chi connectivity index (χ3v) is 6.66. The lowest BCUT2D eigenvalue weighted by Gasteiger charge is -2.29. The number of rotatable bonds is 3. The molecule has 0 aliphatic heterocycles. The van der Waals surface area contributed by atoms with Crippen molar-refractivity contribution in [3.63, 3.8) is 0 Å². The van der Waals surface area contributed by atoms with E-state index >= 15 is 0 Å². The van der Waals surface area contributed by atoms with Crippen LogP contribution in [0.1, 0.15) is 53.0 Å². The fourth-order valence-corrected chi connectivity index (χ4v) is 5.28. The molecule has 0 saturated heterocycles. The van der Waals surface area contributed by atoms with Crippen molar-refractivity contribution in [2.24, 2.45) is 5.92 Å². The number of aryl methyl sites for hydroxylation is 1. The average Bonchev–Trinajstić information content (AvgIpc) is 3.22. The maximum Gasteiger partial charge on any atom is 0.120 e. The van der Waals surface area contributed by atoms with E-state index in [-0.39, 0.29) is 6.10 Å². The van der Waals surface area contributed by atoms with Gasteiger partial charge in [-0.15, -0.1) is 11.3 Å². The minimum atomic E-state index is -0.387. The van der Waals surface area contributed by atoms with Crippen molar-refractivity contribution < 1.29 is 5.11 Å². The molecular formula is C19H20N2OS. The number of hydrogen-bond acceptors (Lipinski definition) is 3. The molecule has 0 amide bonds. The molecule has 0 bridgehead atoms. The fourth-order valence-electron chi connectivity index (χ4n) is 3.97. The Bertz CT molecular complexity index is 861. The summed E-state index contributed by atoms with van der Waals surface area (Å²) in [6.07, 6.45) is 9.06. The normalized spacial score (nSPS) is 22.2. The van der Waals surface area contributed by atoms with Crippen LogP contribution in [0.2, 0.25) is 0 Å². The Morgan fingerprint density at radius 1 is 1.17 bits per heavy atom. The third-order valence-electron chi connectivity index (χ3n) is 5.39. The number of benzene rings is 1. The van der Waals surface area contributed by atoms with E-state index in [1.165, 1.54) is 28.8 Å². The van der Waals surface area contributed by atoms with Crippen LogP contribution >= 0.6 is 11.3 Å². The van der Waals surface area contributed by atoms with Crippen LogP contribution in [0.3, 0.4) is 0 Å². The van der Waals surface area contributed by atoms with Crippen molar-refractivity contribution in [1.29, 1.82) is 0 Å². The maximum atomic E-state index is 11.2. The van der Waals surface area contributed by atoms with E-state index in [4.69, 9.17) is 0 Å². The smallest absolute Gasteiger partial charge is 0.120 e. The third kappa shape index (κ3) is 2.24. The van der Waals surface area contributed by atoms with Crippen LogP contribution in [-0.2, 0) is 12.8 Å². The molecule has 5 rings (SSSR count). The standard InChI is InChI=1S/C19H20N2OS/c22-18(15-8-5-12-3-1-2-4-14(12)9-15)17-19(13-6-7-13)23-16-10-20-11-21(16)17/h1-4,10-11,13,15,18,22H,5-9H2. The molecule has 0 spiro atoms. The number of aliphatic hydroxyl groups is 1. The highest BCUT2D eigenvalue weighted by molar-refractivity contribution is 7.17. The molecule has 2 atom stereocenters. The molecule has 1 fully saturated rings. The number of aliphatic hydroxyl groups excluding tert-OH is 1. The van der Waals surface area contributed by atoms with Gasteiger partial charge in [0.2, 0.25) is 0 Å². The Morgan fingerprint density at radius 3 is 2.83 bits per heavy atom. The van der Waals surface area contributed by atoms with E-state index in [9.17, 15) is 5.11 Å². The lowest BCUT2D eigenvalue weighted by atomic mass is 9.80. The van der Waals surface area contributed by atoms with Crippen LogP contribution in [0.4, 0.5) is 0 Å². The summed E-state index contributed by atoms with van der Waals surface area (Å²) in [6, 6.07) is 8.68. The summed E-state index contributed by atoms with van der Waals surface area (Å²) < 4.78 is 2.13. The van der Waals surface area contributed by atoms with Crippen LogP contribution < -0.4 is 0 Å². The summed E-state index contributed by atoms with van der Waals surface area (Å²) in [5.74, 6) is 0.975. The minimum absolute atomic E-state index is 0.308. The Balaban J connectivity index is 1.52. The van der Waals surface area contributed by atoms with Gasteiger partial charge in [-0.2, -0.15) is 0 Å². The lowest BCUT2D eigenvalue weighted by Crippen LogP contribution is -2.22. The molecule has 23 heavy (non-hydrogen) atoms. The van der Waals surface area contributed by atoms with Crippen molar-refractivity contribution in [2.75, 3.05) is 0 Å². The second-order valence-electron chi connectivity index (χ2n) is 6.94. The number of aromatic nitrogens is 2. The van der Waals surface area contributed by atoms with Gasteiger partial charge in [-0.05, 0) is 55.1 Å². The Hall–Kier alpha value is -1.65. The average molecular weight is 324 g/mol. The number of thiazole rings is 1. The molecule has 4 heteroatoms. The summed E-state index contributed by atoms with van der Waals surface area (Å²) in [5.41, 5.74) is 3.98. The number of nitrogens with zero attached hydrogens (tertiary/aromatic N) is 2. The zero-order chi connectivity index (χ0) is 15.4. The second-order valence-corrected chi connectivity index (χ2v) is 8.01. The van der Waals surface area contributed by atoms with Gasteiger partial charge in [-0.3, -0.25) is 4.40 Å². The largest absolute Gasteiger partial charge is 0.387 e. The van der Waals surface area contributed by atoms with Gasteiger partial charge < -0.3 is 5.11 Å². The highest BCUT2D eigenvalue weighted by Gasteiger charge is 2.35. The Labute approximate surface area is 139 Å². The van der Waals surface area contributed by atoms with E-state index in [1.54, 1.807) is 0 Å². The fraction of sp³-hybridized carbons (Fsp3) is 0.421. The first kappa shape index (κ1) is 13.8. The van der Waals surface area contributed by atoms with Crippen molar-refractivity contribution in [1.82, 2.24) is 9.38 Å². The quantitative estimate of drug-likeness (QED) is 0.787. The van der Waals surface area contributed by atoms with Crippen LogP contribution in [0, 0.1) is 5.92 Å². The summed E-state index contributed by atoms with van der Waals surface area (Å²) in [4.78, 5) is 6.83. The van der Waals surface area contributed by atoms with Gasteiger partial charge in [0.15, 0.2) is 0 Å². The summed E-state index contributed by atoms with van der Waals surface area (Å²) in [7, 11) is 0. The van der Waals surface area contributed by atoms with E-state index in [0.717, 1.165) is 29.8 Å². The first-order chi connectivity index (χ1) is 11.3. The van der Waals surface area contributed by atoms with Crippen LogP contribution in [0.15, 0.2) is 36.8 Å². The zero-order valence-electron chi connectivity index (χ0n) is 13.0. The van der Waals surface area contributed by atoms with Crippen LogP contribution in [0.5, 0.6) is 0 Å². The van der Waals surface area contributed by atoms with Gasteiger partial charge >= 0.3 is 0 Å². The van der Waals surface area contributed by atoms with Gasteiger partial charge in [0.05, 0.1) is 18.0 Å². The number of fused-ring (bicyclic) bond motifs is 2. The van der Waals surface area contributed by atoms with E-state index in [1.807, 2.05) is 23.9 Å². The van der Waals surface area contributed by atoms with E-state index in [0.29, 0.717) is 11.8 Å². The summed E-state index contributed by atoms with van der Waals surface area (Å²) in [6.45, 7) is 0. The minimum Gasteiger partial charge on any atom is -0.387 e. The predicted octanol–water partition coefficient (Wildman–Crippen LogP) is 4.11. The molecule has 2 aliphatic carbocycles. The molecule has 2 aromatic heterocycles. The van der Waals surface area contributed by atoms with Gasteiger partial charge in [0.25, 0.3) is 0 Å². The molecule has 3 nitrogen and oxygen atoms in total. The maximum absolute atomic E-state index is 11.2. The monoisotopic (exact) mass is 324 g/mol. The number of hydrogen-bond donors (Lipinski definition) is 1. The molecule has 2 aliphatic rings. The molecule has 2 heterocycles. The molecule has 1 N–H and O–H groups in total. The number of imidazole rings is 1. The van der Waals surface area contributed by atoms with Gasteiger partial charge in [0.1, 0.15) is 11.2 Å². The van der Waals surface area contributed by atoms with Crippen LogP contribution in [0.25, 0.3) is 4.83 Å². The topological polar surface area (TPSA) is 37.5 Å². The van der Waals surface area contributed by atoms with E-state index in [2.05, 4.69) is 33.7 Å². The van der Waals surface area contributed by atoms with Crippen molar-refractivity contribution >= 4 is 16.2 Å². The highest BCUT2D eigenvalue weighted by atomic mass is 32.1.